The minimum atomic E-state index is -0.622. The summed E-state index contributed by atoms with van der Waals surface area (Å²) in [4.78, 5) is 21.8. The smallest absolute Gasteiger partial charge is 0.373 e. The number of urea groups is 1. The highest BCUT2D eigenvalue weighted by molar-refractivity contribution is 5.86. The van der Waals surface area contributed by atoms with Crippen LogP contribution >= 0.6 is 0 Å². The van der Waals surface area contributed by atoms with E-state index in [-0.39, 0.29) is 12.3 Å². The summed E-state index contributed by atoms with van der Waals surface area (Å²) in [5.74, 6) is 0.217. The molecule has 6 heteroatoms. The summed E-state index contributed by atoms with van der Waals surface area (Å²) in [5, 5.41) is 2.43. The molecule has 16 heavy (non-hydrogen) atoms. The Morgan fingerprint density at radius 3 is 2.75 bits per heavy atom. The molecule has 0 spiro atoms. The van der Waals surface area contributed by atoms with E-state index in [1.54, 1.807) is 6.07 Å². The van der Waals surface area contributed by atoms with Crippen molar-refractivity contribution in [3.63, 3.8) is 0 Å². The van der Waals surface area contributed by atoms with E-state index >= 15 is 0 Å². The van der Waals surface area contributed by atoms with Crippen molar-refractivity contribution in [2.24, 2.45) is 5.73 Å². The molecule has 0 saturated heterocycles. The molecule has 88 valence electrons. The number of primary amides is 1. The number of carbonyl (C=O) groups excluding carboxylic acids is 2. The van der Waals surface area contributed by atoms with E-state index in [0.29, 0.717) is 12.2 Å². The molecule has 0 aliphatic rings. The number of amides is 2. The Bertz CT molecular complexity index is 398. The van der Waals surface area contributed by atoms with E-state index in [1.807, 2.05) is 6.92 Å². The van der Waals surface area contributed by atoms with Crippen molar-refractivity contribution in [2.75, 3.05) is 7.11 Å². The maximum Gasteiger partial charge on any atom is 0.373 e. The van der Waals surface area contributed by atoms with Crippen LogP contribution in [0.3, 0.4) is 0 Å². The maximum absolute atomic E-state index is 11.2. The largest absolute Gasteiger partial charge is 0.463 e. The molecular formula is C10H14N2O4. The van der Waals surface area contributed by atoms with Gasteiger partial charge in [-0.2, -0.15) is 0 Å². The molecule has 1 rings (SSSR count). The van der Waals surface area contributed by atoms with Crippen LogP contribution in [0.2, 0.25) is 0 Å². The lowest BCUT2D eigenvalue weighted by molar-refractivity contribution is 0.0563. The molecule has 0 saturated carbocycles. The van der Waals surface area contributed by atoms with Gasteiger partial charge in [0.05, 0.1) is 7.11 Å². The van der Waals surface area contributed by atoms with Crippen LogP contribution < -0.4 is 11.1 Å². The maximum atomic E-state index is 11.2. The first kappa shape index (κ1) is 12.1. The van der Waals surface area contributed by atoms with Crippen LogP contribution in [0.15, 0.2) is 10.5 Å². The summed E-state index contributed by atoms with van der Waals surface area (Å²) in [6, 6.07) is 0.920. The zero-order valence-corrected chi connectivity index (χ0v) is 9.20. The van der Waals surface area contributed by atoms with Crippen molar-refractivity contribution in [3.8, 4) is 0 Å². The van der Waals surface area contributed by atoms with Gasteiger partial charge in [0.1, 0.15) is 5.76 Å². The molecule has 6 nitrogen and oxygen atoms in total. The number of carbonyl (C=O) groups is 2. The van der Waals surface area contributed by atoms with Gasteiger partial charge < -0.3 is 20.2 Å². The van der Waals surface area contributed by atoms with Crippen LogP contribution in [0.4, 0.5) is 4.79 Å². The SMILES string of the molecule is CCc1oc(C(=O)OC)cc1CNC(N)=O. The number of rotatable bonds is 4. The van der Waals surface area contributed by atoms with Crippen LogP contribution in [0.1, 0.15) is 28.8 Å². The first-order valence-corrected chi connectivity index (χ1v) is 4.81. The molecule has 2 amide bonds. The van der Waals surface area contributed by atoms with Gasteiger partial charge >= 0.3 is 12.0 Å². The minimum Gasteiger partial charge on any atom is -0.463 e. The molecule has 1 aromatic rings. The predicted molar refractivity (Wildman–Crippen MR) is 55.8 cm³/mol. The fourth-order valence-corrected chi connectivity index (χ4v) is 1.30. The number of hydrogen-bond acceptors (Lipinski definition) is 4. The number of aryl methyl sites for hydroxylation is 1. The van der Waals surface area contributed by atoms with Crippen LogP contribution in [0.25, 0.3) is 0 Å². The topological polar surface area (TPSA) is 94.6 Å². The number of nitrogens with one attached hydrogen (secondary N) is 1. The summed E-state index contributed by atoms with van der Waals surface area (Å²) in [5.41, 5.74) is 5.68. The van der Waals surface area contributed by atoms with Crippen molar-refractivity contribution in [1.82, 2.24) is 5.32 Å². The average molecular weight is 226 g/mol. The Balaban J connectivity index is 2.86. The summed E-state index contributed by atoms with van der Waals surface area (Å²) in [6.07, 6.45) is 0.618. The average Bonchev–Trinajstić information content (AvgIpc) is 2.68. The number of nitrogens with two attached hydrogens (primary N) is 1. The van der Waals surface area contributed by atoms with Crippen molar-refractivity contribution < 1.29 is 18.7 Å². The molecule has 0 atom stereocenters. The third-order valence-electron chi connectivity index (χ3n) is 2.06. The Morgan fingerprint density at radius 1 is 1.56 bits per heavy atom. The summed E-state index contributed by atoms with van der Waals surface area (Å²) < 4.78 is 9.81. The molecule has 0 radical (unpaired) electrons. The number of methoxy groups -OCH3 is 1. The van der Waals surface area contributed by atoms with Gasteiger partial charge in [-0.15, -0.1) is 0 Å². The fourth-order valence-electron chi connectivity index (χ4n) is 1.30. The van der Waals surface area contributed by atoms with E-state index in [9.17, 15) is 9.59 Å². The van der Waals surface area contributed by atoms with Gasteiger partial charge in [-0.05, 0) is 6.07 Å². The van der Waals surface area contributed by atoms with Crippen LogP contribution in [0, 0.1) is 0 Å². The molecule has 1 aromatic heterocycles. The predicted octanol–water partition coefficient (Wildman–Crippen LogP) is 0.797. The van der Waals surface area contributed by atoms with E-state index in [2.05, 4.69) is 10.1 Å². The van der Waals surface area contributed by atoms with Gasteiger partial charge in [0.2, 0.25) is 5.76 Å². The van der Waals surface area contributed by atoms with Crippen LogP contribution in [-0.2, 0) is 17.7 Å². The van der Waals surface area contributed by atoms with Crippen LogP contribution in [0.5, 0.6) is 0 Å². The molecule has 0 aliphatic heterocycles. The van der Waals surface area contributed by atoms with Gasteiger partial charge in [-0.1, -0.05) is 6.92 Å². The van der Waals surface area contributed by atoms with Crippen LogP contribution in [-0.4, -0.2) is 19.1 Å². The lowest BCUT2D eigenvalue weighted by atomic mass is 10.2. The van der Waals surface area contributed by atoms with Gasteiger partial charge in [0, 0.05) is 18.5 Å². The van der Waals surface area contributed by atoms with Gasteiger partial charge in [-0.3, -0.25) is 0 Å². The molecule has 1 heterocycles. The Labute approximate surface area is 92.7 Å². The Hall–Kier alpha value is -1.98. The second-order valence-electron chi connectivity index (χ2n) is 3.12. The number of esters is 1. The third-order valence-corrected chi connectivity index (χ3v) is 2.06. The number of hydrogen-bond donors (Lipinski definition) is 2. The van der Waals surface area contributed by atoms with Crippen molar-refractivity contribution in [3.05, 3.63) is 23.2 Å². The zero-order chi connectivity index (χ0) is 12.1. The quantitative estimate of drug-likeness (QED) is 0.742. The second kappa shape index (κ2) is 5.20. The lowest BCUT2D eigenvalue weighted by Gasteiger charge is -1.99. The first-order valence-electron chi connectivity index (χ1n) is 4.81. The van der Waals surface area contributed by atoms with Gasteiger partial charge in [0.25, 0.3) is 0 Å². The molecule has 0 aliphatic carbocycles. The van der Waals surface area contributed by atoms with Gasteiger partial charge in [0.15, 0.2) is 0 Å². The van der Waals surface area contributed by atoms with Gasteiger partial charge in [-0.25, -0.2) is 9.59 Å². The highest BCUT2D eigenvalue weighted by Crippen LogP contribution is 2.16. The molecule has 0 bridgehead atoms. The van der Waals surface area contributed by atoms with Crippen molar-refractivity contribution in [2.45, 2.75) is 19.9 Å². The minimum absolute atomic E-state index is 0.126. The normalized spacial score (nSPS) is 9.88. The van der Waals surface area contributed by atoms with E-state index < -0.39 is 12.0 Å². The summed E-state index contributed by atoms with van der Waals surface area (Å²) >= 11 is 0. The lowest BCUT2D eigenvalue weighted by Crippen LogP contribution is -2.28. The number of furan rings is 1. The first-order chi connectivity index (χ1) is 7.58. The summed E-state index contributed by atoms with van der Waals surface area (Å²) in [7, 11) is 1.28. The molecule has 0 aromatic carbocycles. The summed E-state index contributed by atoms with van der Waals surface area (Å²) in [6.45, 7) is 2.12. The van der Waals surface area contributed by atoms with E-state index in [4.69, 9.17) is 10.2 Å². The molecule has 0 unspecified atom stereocenters. The highest BCUT2D eigenvalue weighted by Gasteiger charge is 2.15. The van der Waals surface area contributed by atoms with E-state index in [0.717, 1.165) is 5.56 Å². The molecule has 0 fully saturated rings. The second-order valence-corrected chi connectivity index (χ2v) is 3.12. The van der Waals surface area contributed by atoms with Crippen molar-refractivity contribution in [1.29, 1.82) is 0 Å². The Morgan fingerprint density at radius 2 is 2.25 bits per heavy atom. The Kier molecular flexibility index (Phi) is 3.93. The monoisotopic (exact) mass is 226 g/mol. The number of ether oxygens (including phenoxy) is 1. The van der Waals surface area contributed by atoms with E-state index in [1.165, 1.54) is 7.11 Å². The zero-order valence-electron chi connectivity index (χ0n) is 9.20. The third kappa shape index (κ3) is 2.75. The molecule has 3 N–H and O–H groups in total. The highest BCUT2D eigenvalue weighted by atomic mass is 16.5. The fraction of sp³-hybridized carbons (Fsp3) is 0.400. The van der Waals surface area contributed by atoms with Crippen molar-refractivity contribution >= 4 is 12.0 Å². The molecular weight excluding hydrogens is 212 g/mol. The standard InChI is InChI=1S/C10H14N2O4/c1-3-7-6(5-12-10(11)14)4-8(16-7)9(13)15-2/h4H,3,5H2,1-2H3,(H3,11,12,14).